The van der Waals surface area contributed by atoms with Crippen LogP contribution in [0.3, 0.4) is 0 Å². The molecular weight excluding hydrogens is 434 g/mol. The number of hydrogen-bond acceptors (Lipinski definition) is 4. The second-order valence-electron chi connectivity index (χ2n) is 7.68. The van der Waals surface area contributed by atoms with Gasteiger partial charge in [0.05, 0.1) is 5.69 Å². The van der Waals surface area contributed by atoms with Gasteiger partial charge in [0, 0.05) is 29.6 Å². The Balaban J connectivity index is 1.48. The third kappa shape index (κ3) is 5.05. The summed E-state index contributed by atoms with van der Waals surface area (Å²) in [6, 6.07) is 14.6. The van der Waals surface area contributed by atoms with E-state index in [1.165, 1.54) is 16.7 Å². The summed E-state index contributed by atoms with van der Waals surface area (Å²) in [5.74, 6) is -0.772. The number of likely N-dealkylation sites (tertiary alicyclic amines) is 1. The number of halogens is 1. The fourth-order valence-corrected chi connectivity index (χ4v) is 5.13. The first kappa shape index (κ1) is 21.7. The van der Waals surface area contributed by atoms with Crippen LogP contribution in [0.5, 0.6) is 0 Å². The van der Waals surface area contributed by atoms with E-state index in [4.69, 9.17) is 11.6 Å². The minimum Gasteiger partial charge on any atom is -0.350 e. The van der Waals surface area contributed by atoms with Gasteiger partial charge in [0.25, 0.3) is 5.91 Å². The lowest BCUT2D eigenvalue weighted by Crippen LogP contribution is -2.52. The molecule has 2 aromatic carbocycles. The number of nitrogens with zero attached hydrogens (tertiary/aromatic N) is 2. The highest BCUT2D eigenvalue weighted by molar-refractivity contribution is 8.01. The number of amides is 3. The molecule has 0 aromatic heterocycles. The van der Waals surface area contributed by atoms with Crippen LogP contribution in [0.15, 0.2) is 53.4 Å². The number of para-hydroxylation sites is 1. The first-order valence-electron chi connectivity index (χ1n) is 10.4. The number of rotatable bonds is 5. The number of piperidine rings is 1. The molecule has 1 N–H and O–H groups in total. The highest BCUT2D eigenvalue weighted by atomic mass is 35.5. The standard InChI is InChI=1S/C23H24ClN3O3S/c24-17-10-8-16(9-11-17)14-25-20(28)15-27-18-6-2-3-7-19(18)31-21(23(27)30)22(29)26-12-4-1-5-13-26/h2-3,6-11,21H,1,4-5,12-15H2,(H,25,28). The molecule has 2 aromatic rings. The largest absolute Gasteiger partial charge is 0.350 e. The van der Waals surface area contributed by atoms with E-state index in [2.05, 4.69) is 5.32 Å². The molecular formula is C23H24ClN3O3S. The van der Waals surface area contributed by atoms with Gasteiger partial charge in [0.15, 0.2) is 5.25 Å². The molecule has 3 amide bonds. The predicted molar refractivity (Wildman–Crippen MR) is 122 cm³/mol. The minimum absolute atomic E-state index is 0.131. The lowest BCUT2D eigenvalue weighted by atomic mass is 10.1. The van der Waals surface area contributed by atoms with Gasteiger partial charge in [-0.3, -0.25) is 14.4 Å². The van der Waals surface area contributed by atoms with Crippen molar-refractivity contribution in [3.63, 3.8) is 0 Å². The molecule has 1 saturated heterocycles. The molecule has 2 heterocycles. The smallest absolute Gasteiger partial charge is 0.250 e. The Hall–Kier alpha value is -2.51. The molecule has 1 fully saturated rings. The maximum absolute atomic E-state index is 13.3. The van der Waals surface area contributed by atoms with Gasteiger partial charge in [0.1, 0.15) is 6.54 Å². The molecule has 6 nitrogen and oxygen atoms in total. The molecule has 2 aliphatic rings. The summed E-state index contributed by atoms with van der Waals surface area (Å²) in [5, 5.41) is 2.63. The molecule has 1 atom stereocenters. The number of carbonyl (C=O) groups is 3. The number of fused-ring (bicyclic) bond motifs is 1. The van der Waals surface area contributed by atoms with Crippen LogP contribution < -0.4 is 10.2 Å². The maximum atomic E-state index is 13.3. The second-order valence-corrected chi connectivity index (χ2v) is 9.26. The lowest BCUT2D eigenvalue weighted by Gasteiger charge is -2.36. The first-order valence-corrected chi connectivity index (χ1v) is 11.7. The zero-order valence-electron chi connectivity index (χ0n) is 17.1. The third-order valence-electron chi connectivity index (χ3n) is 5.49. The Morgan fingerprint density at radius 2 is 1.74 bits per heavy atom. The number of hydrogen-bond donors (Lipinski definition) is 1. The molecule has 0 saturated carbocycles. The van der Waals surface area contributed by atoms with Gasteiger partial charge >= 0.3 is 0 Å². The van der Waals surface area contributed by atoms with Gasteiger partial charge in [-0.2, -0.15) is 0 Å². The zero-order valence-corrected chi connectivity index (χ0v) is 18.6. The van der Waals surface area contributed by atoms with Crippen molar-refractivity contribution in [2.75, 3.05) is 24.5 Å². The van der Waals surface area contributed by atoms with Crippen LogP contribution in [-0.2, 0) is 20.9 Å². The highest BCUT2D eigenvalue weighted by Crippen LogP contribution is 2.39. The monoisotopic (exact) mass is 457 g/mol. The number of thioether (sulfide) groups is 1. The summed E-state index contributed by atoms with van der Waals surface area (Å²) in [7, 11) is 0. The van der Waals surface area contributed by atoms with Gasteiger partial charge in [-0.05, 0) is 49.1 Å². The van der Waals surface area contributed by atoms with E-state index in [-0.39, 0.29) is 24.3 Å². The summed E-state index contributed by atoms with van der Waals surface area (Å²) in [6.45, 7) is 1.58. The number of nitrogens with one attached hydrogen (secondary N) is 1. The zero-order chi connectivity index (χ0) is 21.8. The summed E-state index contributed by atoms with van der Waals surface area (Å²) in [5.41, 5.74) is 1.58. The molecule has 0 radical (unpaired) electrons. The SMILES string of the molecule is O=C(CN1C(=O)C(C(=O)N2CCCCC2)Sc2ccccc21)NCc1ccc(Cl)cc1. The van der Waals surface area contributed by atoms with Crippen LogP contribution in [0.25, 0.3) is 0 Å². The topological polar surface area (TPSA) is 69.7 Å². The van der Waals surface area contributed by atoms with Crippen molar-refractivity contribution in [1.29, 1.82) is 0 Å². The van der Waals surface area contributed by atoms with Crippen LogP contribution in [0.1, 0.15) is 24.8 Å². The van der Waals surface area contributed by atoms with Gasteiger partial charge < -0.3 is 15.1 Å². The van der Waals surface area contributed by atoms with Crippen LogP contribution in [-0.4, -0.2) is 47.5 Å². The normalized spacial score (nSPS) is 18.5. The minimum atomic E-state index is -0.850. The summed E-state index contributed by atoms with van der Waals surface area (Å²) >= 11 is 7.18. The van der Waals surface area contributed by atoms with E-state index in [0.29, 0.717) is 30.3 Å². The Morgan fingerprint density at radius 3 is 2.48 bits per heavy atom. The Morgan fingerprint density at radius 1 is 1.03 bits per heavy atom. The maximum Gasteiger partial charge on any atom is 0.250 e. The van der Waals surface area contributed by atoms with E-state index >= 15 is 0 Å². The molecule has 0 aliphatic carbocycles. The van der Waals surface area contributed by atoms with Crippen LogP contribution in [0.4, 0.5) is 5.69 Å². The predicted octanol–water partition coefficient (Wildman–Crippen LogP) is 3.48. The molecule has 1 unspecified atom stereocenters. The van der Waals surface area contributed by atoms with E-state index in [0.717, 1.165) is 29.7 Å². The number of carbonyl (C=O) groups excluding carboxylic acids is 3. The molecule has 8 heteroatoms. The number of anilines is 1. The lowest BCUT2D eigenvalue weighted by molar-refractivity contribution is -0.135. The van der Waals surface area contributed by atoms with Gasteiger partial charge in [-0.1, -0.05) is 35.9 Å². The van der Waals surface area contributed by atoms with E-state index in [9.17, 15) is 14.4 Å². The molecule has 31 heavy (non-hydrogen) atoms. The summed E-state index contributed by atoms with van der Waals surface area (Å²) in [4.78, 5) is 43.1. The summed E-state index contributed by atoms with van der Waals surface area (Å²) < 4.78 is 0. The van der Waals surface area contributed by atoms with Crippen LogP contribution >= 0.6 is 23.4 Å². The Labute approximate surface area is 190 Å². The van der Waals surface area contributed by atoms with Crippen molar-refractivity contribution in [2.45, 2.75) is 36.0 Å². The molecule has 0 bridgehead atoms. The van der Waals surface area contributed by atoms with Crippen molar-refractivity contribution in [1.82, 2.24) is 10.2 Å². The molecule has 2 aliphatic heterocycles. The van der Waals surface area contributed by atoms with Crippen molar-refractivity contribution in [3.8, 4) is 0 Å². The average molecular weight is 458 g/mol. The summed E-state index contributed by atoms with van der Waals surface area (Å²) in [6.07, 6.45) is 3.04. The third-order valence-corrected chi connectivity index (χ3v) is 6.98. The Bertz CT molecular complexity index is 976. The fourth-order valence-electron chi connectivity index (χ4n) is 3.82. The van der Waals surface area contributed by atoms with Crippen molar-refractivity contribution in [3.05, 3.63) is 59.1 Å². The quantitative estimate of drug-likeness (QED) is 0.698. The van der Waals surface area contributed by atoms with Crippen LogP contribution in [0.2, 0.25) is 5.02 Å². The van der Waals surface area contributed by atoms with Gasteiger partial charge in [0.2, 0.25) is 11.8 Å². The van der Waals surface area contributed by atoms with Crippen molar-refractivity contribution in [2.24, 2.45) is 0 Å². The first-order chi connectivity index (χ1) is 15.0. The number of benzene rings is 2. The van der Waals surface area contributed by atoms with E-state index < -0.39 is 5.25 Å². The fraction of sp³-hybridized carbons (Fsp3) is 0.348. The molecule has 0 spiro atoms. The van der Waals surface area contributed by atoms with Crippen LogP contribution in [0, 0.1) is 0 Å². The second kappa shape index (κ2) is 9.75. The average Bonchev–Trinajstić information content (AvgIpc) is 2.80. The van der Waals surface area contributed by atoms with Crippen molar-refractivity contribution >= 4 is 46.8 Å². The molecule has 4 rings (SSSR count). The highest BCUT2D eigenvalue weighted by Gasteiger charge is 2.40. The van der Waals surface area contributed by atoms with E-state index in [1.54, 1.807) is 17.0 Å². The molecule has 162 valence electrons. The Kier molecular flexibility index (Phi) is 6.83. The van der Waals surface area contributed by atoms with E-state index in [1.807, 2.05) is 36.4 Å². The van der Waals surface area contributed by atoms with Crippen molar-refractivity contribution < 1.29 is 14.4 Å². The van der Waals surface area contributed by atoms with Gasteiger partial charge in [-0.15, -0.1) is 11.8 Å². The van der Waals surface area contributed by atoms with Gasteiger partial charge in [-0.25, -0.2) is 0 Å².